The predicted octanol–water partition coefficient (Wildman–Crippen LogP) is 2.58. The number of anilines is 1. The van der Waals surface area contributed by atoms with Crippen molar-refractivity contribution >= 4 is 44.8 Å². The molecule has 0 spiro atoms. The molecule has 0 aliphatic carbocycles. The lowest BCUT2D eigenvalue weighted by molar-refractivity contribution is -0.384. The smallest absolute Gasteiger partial charge is 0.288 e. The van der Waals surface area contributed by atoms with E-state index in [1.165, 1.54) is 18.2 Å². The molecule has 15 heavy (non-hydrogen) atoms. The molecular formula is C8H6BrClN2O3. The number of hydrogen-bond acceptors (Lipinski definition) is 3. The number of alkyl halides is 1. The predicted molar refractivity (Wildman–Crippen MR) is 60.5 cm³/mol. The fraction of sp³-hybridized carbons (Fsp3) is 0.125. The van der Waals surface area contributed by atoms with Crippen molar-refractivity contribution in [2.75, 3.05) is 10.6 Å². The number of carbonyl (C=O) groups excluding carboxylic acids is 1. The van der Waals surface area contributed by atoms with E-state index in [4.69, 9.17) is 11.6 Å². The summed E-state index contributed by atoms with van der Waals surface area (Å²) in [6.07, 6.45) is 0. The van der Waals surface area contributed by atoms with Gasteiger partial charge in [-0.05, 0) is 12.1 Å². The van der Waals surface area contributed by atoms with E-state index in [0.717, 1.165) is 0 Å². The Morgan fingerprint density at radius 3 is 2.73 bits per heavy atom. The maximum Gasteiger partial charge on any atom is 0.288 e. The van der Waals surface area contributed by atoms with Gasteiger partial charge in [-0.15, -0.1) is 0 Å². The molecule has 1 N–H and O–H groups in total. The molecule has 1 rings (SSSR count). The number of nitrogens with zero attached hydrogens (tertiary/aromatic N) is 1. The summed E-state index contributed by atoms with van der Waals surface area (Å²) in [4.78, 5) is 20.8. The molecule has 0 heterocycles. The van der Waals surface area contributed by atoms with Crippen molar-refractivity contribution in [2.24, 2.45) is 0 Å². The second-order valence-electron chi connectivity index (χ2n) is 2.61. The minimum Gasteiger partial charge on any atom is -0.325 e. The van der Waals surface area contributed by atoms with Gasteiger partial charge < -0.3 is 5.32 Å². The SMILES string of the molecule is O=C(CBr)Nc1ccc([N+](=O)[O-])c(Cl)c1. The van der Waals surface area contributed by atoms with Gasteiger partial charge in [0.2, 0.25) is 5.91 Å². The van der Waals surface area contributed by atoms with Gasteiger partial charge in [-0.2, -0.15) is 0 Å². The van der Waals surface area contributed by atoms with Crippen LogP contribution in [0.1, 0.15) is 0 Å². The molecule has 1 amide bonds. The fourth-order valence-electron chi connectivity index (χ4n) is 0.927. The average molecular weight is 294 g/mol. The minimum atomic E-state index is -0.585. The summed E-state index contributed by atoms with van der Waals surface area (Å²) in [6, 6.07) is 4.00. The van der Waals surface area contributed by atoms with Crippen molar-refractivity contribution in [2.45, 2.75) is 0 Å². The molecule has 0 unspecified atom stereocenters. The molecule has 5 nitrogen and oxygen atoms in total. The van der Waals surface area contributed by atoms with Crippen molar-refractivity contribution in [3.8, 4) is 0 Å². The molecule has 0 aliphatic rings. The van der Waals surface area contributed by atoms with Crippen molar-refractivity contribution in [1.29, 1.82) is 0 Å². The molecule has 1 aromatic carbocycles. The highest BCUT2D eigenvalue weighted by Gasteiger charge is 2.12. The van der Waals surface area contributed by atoms with Crippen LogP contribution in [0.25, 0.3) is 0 Å². The van der Waals surface area contributed by atoms with Gasteiger partial charge >= 0.3 is 0 Å². The van der Waals surface area contributed by atoms with E-state index in [0.29, 0.717) is 5.69 Å². The number of rotatable bonds is 3. The third-order valence-corrected chi connectivity index (χ3v) is 2.36. The zero-order valence-electron chi connectivity index (χ0n) is 7.37. The first-order chi connectivity index (χ1) is 7.04. The first-order valence-corrected chi connectivity index (χ1v) is 5.34. The molecular weight excluding hydrogens is 287 g/mol. The van der Waals surface area contributed by atoms with Crippen LogP contribution in [-0.4, -0.2) is 16.2 Å². The molecule has 0 radical (unpaired) electrons. The van der Waals surface area contributed by atoms with Gasteiger partial charge in [0.1, 0.15) is 5.02 Å². The zero-order valence-corrected chi connectivity index (χ0v) is 9.71. The topological polar surface area (TPSA) is 72.2 Å². The standard InChI is InChI=1S/C8H6BrClN2O3/c9-4-8(13)11-5-1-2-7(12(14)15)6(10)3-5/h1-3H,4H2,(H,11,13). The first kappa shape index (κ1) is 11.9. The third kappa shape index (κ3) is 3.17. The number of halogens is 2. The molecule has 0 aromatic heterocycles. The molecule has 0 atom stereocenters. The second-order valence-corrected chi connectivity index (χ2v) is 3.57. The Labute approximate surface area is 98.7 Å². The van der Waals surface area contributed by atoms with Crippen LogP contribution in [0.2, 0.25) is 5.02 Å². The third-order valence-electron chi connectivity index (χ3n) is 1.55. The van der Waals surface area contributed by atoms with Crippen molar-refractivity contribution in [1.82, 2.24) is 0 Å². The zero-order chi connectivity index (χ0) is 11.4. The van der Waals surface area contributed by atoms with Gasteiger partial charge in [-0.25, -0.2) is 0 Å². The minimum absolute atomic E-state index is 0.00706. The number of nitro groups is 1. The van der Waals surface area contributed by atoms with Gasteiger partial charge in [0.15, 0.2) is 0 Å². The summed E-state index contributed by atoms with van der Waals surface area (Å²) in [7, 11) is 0. The monoisotopic (exact) mass is 292 g/mol. The van der Waals surface area contributed by atoms with E-state index in [9.17, 15) is 14.9 Å². The van der Waals surface area contributed by atoms with E-state index in [1.807, 2.05) is 0 Å². The number of benzene rings is 1. The van der Waals surface area contributed by atoms with Crippen LogP contribution in [0, 0.1) is 10.1 Å². The molecule has 7 heteroatoms. The normalized spacial score (nSPS) is 9.73. The Kier molecular flexibility index (Phi) is 4.05. The van der Waals surface area contributed by atoms with E-state index in [2.05, 4.69) is 21.2 Å². The lowest BCUT2D eigenvalue weighted by atomic mass is 10.3. The van der Waals surface area contributed by atoms with E-state index in [-0.39, 0.29) is 21.9 Å². The van der Waals surface area contributed by atoms with Crippen LogP contribution < -0.4 is 5.32 Å². The summed E-state index contributed by atoms with van der Waals surface area (Å²) < 4.78 is 0. The number of carbonyl (C=O) groups is 1. The molecule has 0 saturated carbocycles. The van der Waals surface area contributed by atoms with Crippen LogP contribution >= 0.6 is 27.5 Å². The van der Waals surface area contributed by atoms with E-state index < -0.39 is 4.92 Å². The summed E-state index contributed by atoms with van der Waals surface area (Å²) in [5.41, 5.74) is 0.239. The van der Waals surface area contributed by atoms with Crippen LogP contribution in [-0.2, 0) is 4.79 Å². The maximum atomic E-state index is 11.0. The van der Waals surface area contributed by atoms with Gasteiger partial charge in [0.05, 0.1) is 10.3 Å². The van der Waals surface area contributed by atoms with Gasteiger partial charge in [0, 0.05) is 11.8 Å². The fourth-order valence-corrected chi connectivity index (χ4v) is 1.32. The Morgan fingerprint density at radius 2 is 2.27 bits per heavy atom. The Morgan fingerprint density at radius 1 is 1.60 bits per heavy atom. The van der Waals surface area contributed by atoms with Crippen LogP contribution in [0.5, 0.6) is 0 Å². The largest absolute Gasteiger partial charge is 0.325 e. The Hall–Kier alpha value is -1.14. The highest BCUT2D eigenvalue weighted by Crippen LogP contribution is 2.27. The van der Waals surface area contributed by atoms with Crippen molar-refractivity contribution in [3.63, 3.8) is 0 Å². The number of amides is 1. The number of nitrogens with one attached hydrogen (secondary N) is 1. The van der Waals surface area contributed by atoms with Crippen molar-refractivity contribution < 1.29 is 9.72 Å². The van der Waals surface area contributed by atoms with Gasteiger partial charge in [-0.3, -0.25) is 14.9 Å². The number of nitro benzene ring substituents is 1. The van der Waals surface area contributed by atoms with E-state index >= 15 is 0 Å². The van der Waals surface area contributed by atoms with Crippen LogP contribution in [0.4, 0.5) is 11.4 Å². The molecule has 0 saturated heterocycles. The lowest BCUT2D eigenvalue weighted by Crippen LogP contribution is -2.12. The molecule has 0 aliphatic heterocycles. The Balaban J connectivity index is 2.91. The summed E-state index contributed by atoms with van der Waals surface area (Å²) >= 11 is 8.62. The second kappa shape index (κ2) is 5.09. The van der Waals surface area contributed by atoms with Gasteiger partial charge in [0.25, 0.3) is 5.69 Å². The quantitative estimate of drug-likeness (QED) is 0.529. The van der Waals surface area contributed by atoms with Crippen LogP contribution in [0.15, 0.2) is 18.2 Å². The summed E-state index contributed by atoms with van der Waals surface area (Å²) in [5.74, 6) is -0.250. The molecule has 0 bridgehead atoms. The number of hydrogen-bond donors (Lipinski definition) is 1. The molecule has 0 fully saturated rings. The van der Waals surface area contributed by atoms with Gasteiger partial charge in [-0.1, -0.05) is 27.5 Å². The molecule has 1 aromatic rings. The average Bonchev–Trinajstić information content (AvgIpc) is 2.17. The summed E-state index contributed by atoms with van der Waals surface area (Å²) in [5, 5.41) is 13.1. The Bertz CT molecular complexity index is 411. The van der Waals surface area contributed by atoms with E-state index in [1.54, 1.807) is 0 Å². The lowest BCUT2D eigenvalue weighted by Gasteiger charge is -2.03. The highest BCUT2D eigenvalue weighted by atomic mass is 79.9. The first-order valence-electron chi connectivity index (χ1n) is 3.84. The van der Waals surface area contributed by atoms with Crippen molar-refractivity contribution in [3.05, 3.63) is 33.3 Å². The molecule has 80 valence electrons. The van der Waals surface area contributed by atoms with Crippen LogP contribution in [0.3, 0.4) is 0 Å². The summed E-state index contributed by atoms with van der Waals surface area (Å²) in [6.45, 7) is 0. The highest BCUT2D eigenvalue weighted by molar-refractivity contribution is 9.09. The maximum absolute atomic E-state index is 11.0.